The van der Waals surface area contributed by atoms with E-state index in [4.69, 9.17) is 9.47 Å². The molecule has 0 spiro atoms. The van der Waals surface area contributed by atoms with Crippen molar-refractivity contribution in [1.82, 2.24) is 10.3 Å². The number of nitrogens with zero attached hydrogens (tertiary/aromatic N) is 1. The van der Waals surface area contributed by atoms with Crippen molar-refractivity contribution in [2.75, 3.05) is 25.8 Å². The predicted molar refractivity (Wildman–Crippen MR) is 104 cm³/mol. The molecular weight excluding hydrogens is 412 g/mol. The molecule has 1 aromatic carbocycles. The van der Waals surface area contributed by atoms with E-state index in [0.29, 0.717) is 28.3 Å². The van der Waals surface area contributed by atoms with Gasteiger partial charge in [-0.05, 0) is 18.4 Å². The van der Waals surface area contributed by atoms with Crippen LogP contribution in [-0.2, 0) is 11.3 Å². The lowest BCUT2D eigenvalue weighted by Gasteiger charge is -2.12. The summed E-state index contributed by atoms with van der Waals surface area (Å²) in [7, 11) is 3.02. The van der Waals surface area contributed by atoms with Crippen LogP contribution in [0.3, 0.4) is 0 Å². The number of nitrogens with one attached hydrogen (secondary N) is 2. The van der Waals surface area contributed by atoms with Crippen molar-refractivity contribution in [3.63, 3.8) is 0 Å². The van der Waals surface area contributed by atoms with E-state index in [1.807, 2.05) is 0 Å². The Morgan fingerprint density at radius 2 is 2.00 bits per heavy atom. The second-order valence-electron chi connectivity index (χ2n) is 5.56. The van der Waals surface area contributed by atoms with E-state index in [-0.39, 0.29) is 17.2 Å². The third-order valence-electron chi connectivity index (χ3n) is 3.56. The number of carbonyl (C=O) groups is 2. The van der Waals surface area contributed by atoms with Gasteiger partial charge in [0.2, 0.25) is 0 Å². The molecule has 0 saturated carbocycles. The number of aromatic nitrogens is 1. The number of alkyl halides is 2. The minimum atomic E-state index is -3.58. The number of hydrogen-bond acceptors (Lipinski definition) is 7. The highest BCUT2D eigenvalue weighted by atomic mass is 32.2. The van der Waals surface area contributed by atoms with Gasteiger partial charge in [-0.15, -0.1) is 0 Å². The molecule has 0 aliphatic carbocycles. The van der Waals surface area contributed by atoms with E-state index in [1.165, 1.54) is 26.0 Å². The van der Waals surface area contributed by atoms with Crippen molar-refractivity contribution in [3.8, 4) is 11.5 Å². The summed E-state index contributed by atoms with van der Waals surface area (Å²) in [5.41, 5.74) is 0.557. The number of methoxy groups -OCH3 is 2. The quantitative estimate of drug-likeness (QED) is 0.623. The lowest BCUT2D eigenvalue weighted by Crippen LogP contribution is -2.32. The molecule has 0 atom stereocenters. The van der Waals surface area contributed by atoms with E-state index in [0.717, 1.165) is 11.3 Å². The van der Waals surface area contributed by atoms with Gasteiger partial charge in [0.15, 0.2) is 10.0 Å². The Labute approximate surface area is 168 Å². The normalized spacial score (nSPS) is 11.1. The van der Waals surface area contributed by atoms with Crippen molar-refractivity contribution >= 4 is 39.9 Å². The van der Waals surface area contributed by atoms with Crippen LogP contribution in [0.25, 0.3) is 0 Å². The van der Waals surface area contributed by atoms with Crippen LogP contribution >= 0.6 is 23.1 Å². The maximum Gasteiger partial charge on any atom is 0.322 e. The summed E-state index contributed by atoms with van der Waals surface area (Å²) in [6.07, 6.45) is 1.72. The van der Waals surface area contributed by atoms with E-state index < -0.39 is 17.7 Å². The number of halogens is 2. The number of anilines is 1. The Hall–Kier alpha value is -2.40. The molecule has 2 rings (SSSR count). The lowest BCUT2D eigenvalue weighted by molar-refractivity contribution is -0.137. The number of rotatable bonds is 8. The smallest absolute Gasteiger partial charge is 0.322 e. The number of thioether (sulfide) groups is 1. The first-order valence-electron chi connectivity index (χ1n) is 7.92. The molecule has 2 amide bonds. The zero-order chi connectivity index (χ0) is 20.9. The van der Waals surface area contributed by atoms with Gasteiger partial charge in [-0.3, -0.25) is 9.59 Å². The number of benzene rings is 1. The van der Waals surface area contributed by atoms with Crippen molar-refractivity contribution in [2.45, 2.75) is 23.7 Å². The maximum absolute atomic E-state index is 13.2. The third-order valence-corrected chi connectivity index (χ3v) is 5.51. The summed E-state index contributed by atoms with van der Waals surface area (Å²) in [4.78, 5) is 28.2. The lowest BCUT2D eigenvalue weighted by atomic mass is 10.2. The number of carbonyl (C=O) groups excluding carboxylic acids is 2. The van der Waals surface area contributed by atoms with Gasteiger partial charge < -0.3 is 20.1 Å². The van der Waals surface area contributed by atoms with Crippen LogP contribution in [-0.4, -0.2) is 43.2 Å². The average molecular weight is 431 g/mol. The molecular formula is C17H19F2N3O4S2. The summed E-state index contributed by atoms with van der Waals surface area (Å²) in [5, 5.41) is 4.69. The largest absolute Gasteiger partial charge is 0.497 e. The molecule has 152 valence electrons. The number of thiazole rings is 1. The highest BCUT2D eigenvalue weighted by Gasteiger charge is 2.34. The summed E-state index contributed by atoms with van der Waals surface area (Å²) in [5.74, 6) is -4.57. The number of ether oxygens (including phenoxy) is 2. The van der Waals surface area contributed by atoms with Gasteiger partial charge in [0.05, 0.1) is 14.2 Å². The second-order valence-corrected chi connectivity index (χ2v) is 7.62. The monoisotopic (exact) mass is 431 g/mol. The summed E-state index contributed by atoms with van der Waals surface area (Å²) >= 11 is 2.19. The Balaban J connectivity index is 2.18. The third kappa shape index (κ3) is 5.32. The molecule has 0 fully saturated rings. The van der Waals surface area contributed by atoms with Gasteiger partial charge >= 0.3 is 5.92 Å². The van der Waals surface area contributed by atoms with Crippen LogP contribution in [0.4, 0.5) is 13.8 Å². The molecule has 0 saturated heterocycles. The van der Waals surface area contributed by atoms with Gasteiger partial charge in [0.1, 0.15) is 16.5 Å². The molecule has 0 radical (unpaired) electrons. The summed E-state index contributed by atoms with van der Waals surface area (Å²) < 4.78 is 37.2. The molecule has 2 N–H and O–H groups in total. The second kappa shape index (κ2) is 9.20. The minimum absolute atomic E-state index is 0.0323. The Morgan fingerprint density at radius 1 is 1.29 bits per heavy atom. The summed E-state index contributed by atoms with van der Waals surface area (Å²) in [6.45, 7) is 0.587. The first kappa shape index (κ1) is 21.9. The molecule has 11 heteroatoms. The van der Waals surface area contributed by atoms with Gasteiger partial charge in [-0.1, -0.05) is 23.1 Å². The fourth-order valence-corrected chi connectivity index (χ4v) is 3.55. The van der Waals surface area contributed by atoms with Gasteiger partial charge in [0, 0.05) is 25.1 Å². The van der Waals surface area contributed by atoms with Gasteiger partial charge in [-0.25, -0.2) is 4.98 Å². The SMILES string of the molecule is COc1ccc(CNC(=O)c2nc(SC)sc2NC(=O)C(C)(F)F)c(OC)c1. The number of amides is 2. The van der Waals surface area contributed by atoms with Gasteiger partial charge in [-0.2, -0.15) is 8.78 Å². The van der Waals surface area contributed by atoms with Crippen LogP contribution in [0.5, 0.6) is 11.5 Å². The van der Waals surface area contributed by atoms with Crippen molar-refractivity contribution in [3.05, 3.63) is 29.5 Å². The first-order valence-corrected chi connectivity index (χ1v) is 9.97. The van der Waals surface area contributed by atoms with Crippen LogP contribution in [0.15, 0.2) is 22.5 Å². The molecule has 0 aliphatic heterocycles. The van der Waals surface area contributed by atoms with E-state index in [2.05, 4.69) is 15.6 Å². The number of hydrogen-bond donors (Lipinski definition) is 2. The molecule has 28 heavy (non-hydrogen) atoms. The average Bonchev–Trinajstić information content (AvgIpc) is 3.08. The first-order chi connectivity index (χ1) is 13.2. The molecule has 0 aliphatic rings. The zero-order valence-corrected chi connectivity index (χ0v) is 17.2. The Bertz CT molecular complexity index is 869. The van der Waals surface area contributed by atoms with Crippen molar-refractivity contribution in [2.24, 2.45) is 0 Å². The van der Waals surface area contributed by atoms with Crippen LogP contribution in [0, 0.1) is 0 Å². The van der Waals surface area contributed by atoms with E-state index in [1.54, 1.807) is 24.5 Å². The fraction of sp³-hybridized carbons (Fsp3) is 0.353. The predicted octanol–water partition coefficient (Wildman–Crippen LogP) is 3.41. The van der Waals surface area contributed by atoms with Crippen molar-refractivity contribution < 1.29 is 27.8 Å². The Morgan fingerprint density at radius 3 is 2.57 bits per heavy atom. The minimum Gasteiger partial charge on any atom is -0.497 e. The highest BCUT2D eigenvalue weighted by Crippen LogP contribution is 2.32. The van der Waals surface area contributed by atoms with Crippen LogP contribution in [0.1, 0.15) is 23.0 Å². The molecule has 1 heterocycles. The highest BCUT2D eigenvalue weighted by molar-refractivity contribution is 8.00. The zero-order valence-electron chi connectivity index (χ0n) is 15.6. The van der Waals surface area contributed by atoms with E-state index >= 15 is 0 Å². The molecule has 2 aromatic rings. The Kier molecular flexibility index (Phi) is 7.19. The molecule has 7 nitrogen and oxygen atoms in total. The van der Waals surface area contributed by atoms with E-state index in [9.17, 15) is 18.4 Å². The standard InChI is InChI=1S/C17H19F2N3O4S2/c1-17(18,19)15(24)22-14-12(21-16(27-4)28-14)13(23)20-8-9-5-6-10(25-2)7-11(9)26-3/h5-7H,8H2,1-4H3,(H,20,23)(H,22,24). The van der Waals surface area contributed by atoms with Gasteiger partial charge in [0.25, 0.3) is 11.8 Å². The molecule has 0 unspecified atom stereocenters. The topological polar surface area (TPSA) is 89.5 Å². The molecule has 1 aromatic heterocycles. The molecule has 0 bridgehead atoms. The summed E-state index contributed by atoms with van der Waals surface area (Å²) in [6, 6.07) is 5.12. The van der Waals surface area contributed by atoms with Crippen molar-refractivity contribution in [1.29, 1.82) is 0 Å². The maximum atomic E-state index is 13.2. The fourth-order valence-electron chi connectivity index (χ4n) is 2.10. The van der Waals surface area contributed by atoms with Crippen LogP contribution < -0.4 is 20.1 Å². The van der Waals surface area contributed by atoms with Crippen LogP contribution in [0.2, 0.25) is 0 Å².